The molecule has 0 aromatic carbocycles. The minimum absolute atomic E-state index is 0.161. The van der Waals surface area contributed by atoms with Crippen molar-refractivity contribution in [2.24, 2.45) is 0 Å². The quantitative estimate of drug-likeness (QED) is 0.756. The highest BCUT2D eigenvalue weighted by Gasteiger charge is 2.19. The van der Waals surface area contributed by atoms with E-state index in [-0.39, 0.29) is 5.92 Å². The second-order valence-electron chi connectivity index (χ2n) is 5.37. The summed E-state index contributed by atoms with van der Waals surface area (Å²) in [6.07, 6.45) is 3.14. The number of thiazole rings is 1. The number of aromatic nitrogens is 1. The molecule has 4 nitrogen and oxygen atoms in total. The Morgan fingerprint density at radius 3 is 2.25 bits per heavy atom. The molecule has 1 aromatic heterocycles. The fourth-order valence-electron chi connectivity index (χ4n) is 2.25. The Balaban J connectivity index is 2.72. The van der Waals surface area contributed by atoms with Crippen LogP contribution in [0, 0.1) is 0 Å². The number of carboxylic acids is 1. The van der Waals surface area contributed by atoms with Gasteiger partial charge in [-0.15, -0.1) is 11.3 Å². The lowest BCUT2D eigenvalue weighted by Gasteiger charge is -2.19. The van der Waals surface area contributed by atoms with Gasteiger partial charge in [0.25, 0.3) is 0 Å². The third-order valence-electron chi connectivity index (χ3n) is 3.16. The summed E-state index contributed by atoms with van der Waals surface area (Å²) >= 11 is 1.34. The molecule has 0 radical (unpaired) electrons. The molecule has 1 N–H and O–H groups in total. The lowest BCUT2D eigenvalue weighted by molar-refractivity contribution is 0.0700. The molecular formula is C15H26N2O2S. The molecule has 5 heteroatoms. The van der Waals surface area contributed by atoms with Crippen molar-refractivity contribution in [2.75, 3.05) is 19.6 Å². The summed E-state index contributed by atoms with van der Waals surface area (Å²) in [5.74, 6) is -0.690. The van der Waals surface area contributed by atoms with E-state index in [1.54, 1.807) is 0 Å². The van der Waals surface area contributed by atoms with Gasteiger partial charge in [0.05, 0.1) is 10.7 Å². The highest BCUT2D eigenvalue weighted by Crippen LogP contribution is 2.25. The van der Waals surface area contributed by atoms with Crippen molar-refractivity contribution in [3.05, 3.63) is 15.6 Å². The van der Waals surface area contributed by atoms with Crippen LogP contribution in [-0.2, 0) is 6.42 Å². The molecule has 0 bridgehead atoms. The Morgan fingerprint density at radius 2 is 1.85 bits per heavy atom. The summed E-state index contributed by atoms with van der Waals surface area (Å²) < 4.78 is 0. The molecule has 0 spiro atoms. The van der Waals surface area contributed by atoms with E-state index in [0.29, 0.717) is 4.88 Å². The molecule has 0 aliphatic rings. The number of hydrogen-bond acceptors (Lipinski definition) is 4. The molecule has 1 rings (SSSR count). The van der Waals surface area contributed by atoms with E-state index >= 15 is 0 Å². The van der Waals surface area contributed by atoms with Crippen molar-refractivity contribution in [2.45, 2.75) is 52.9 Å². The van der Waals surface area contributed by atoms with Gasteiger partial charge >= 0.3 is 5.97 Å². The van der Waals surface area contributed by atoms with Gasteiger partial charge in [-0.3, -0.25) is 0 Å². The van der Waals surface area contributed by atoms with E-state index in [0.717, 1.165) is 49.6 Å². The molecule has 20 heavy (non-hydrogen) atoms. The molecule has 0 amide bonds. The van der Waals surface area contributed by atoms with E-state index in [4.69, 9.17) is 0 Å². The minimum Gasteiger partial charge on any atom is -0.477 e. The van der Waals surface area contributed by atoms with Crippen LogP contribution < -0.4 is 0 Å². The van der Waals surface area contributed by atoms with Crippen molar-refractivity contribution in [3.63, 3.8) is 0 Å². The first-order valence-electron chi connectivity index (χ1n) is 7.44. The van der Waals surface area contributed by atoms with Crippen LogP contribution in [0.15, 0.2) is 0 Å². The Kier molecular flexibility index (Phi) is 7.16. The Morgan fingerprint density at radius 1 is 1.25 bits per heavy atom. The van der Waals surface area contributed by atoms with Gasteiger partial charge in [0.15, 0.2) is 0 Å². The molecule has 0 saturated heterocycles. The van der Waals surface area contributed by atoms with Crippen LogP contribution in [0.5, 0.6) is 0 Å². The van der Waals surface area contributed by atoms with Gasteiger partial charge in [-0.25, -0.2) is 9.78 Å². The summed E-state index contributed by atoms with van der Waals surface area (Å²) in [6.45, 7) is 11.5. The highest BCUT2D eigenvalue weighted by molar-refractivity contribution is 7.13. The molecule has 0 unspecified atom stereocenters. The van der Waals surface area contributed by atoms with Crippen molar-refractivity contribution >= 4 is 17.3 Å². The SMILES string of the molecule is CCCN(CCC)CCc1nc(C(C)C)c(C(=O)O)s1. The average molecular weight is 298 g/mol. The first kappa shape index (κ1) is 17.1. The van der Waals surface area contributed by atoms with Crippen LogP contribution in [0.25, 0.3) is 0 Å². The third kappa shape index (κ3) is 4.87. The molecule has 1 aromatic rings. The number of carbonyl (C=O) groups is 1. The van der Waals surface area contributed by atoms with E-state index in [9.17, 15) is 9.90 Å². The fourth-order valence-corrected chi connectivity index (χ4v) is 3.30. The maximum atomic E-state index is 11.2. The predicted molar refractivity (Wildman–Crippen MR) is 83.9 cm³/mol. The third-order valence-corrected chi connectivity index (χ3v) is 4.28. The number of hydrogen-bond donors (Lipinski definition) is 1. The van der Waals surface area contributed by atoms with Crippen LogP contribution >= 0.6 is 11.3 Å². The van der Waals surface area contributed by atoms with Crippen molar-refractivity contribution in [1.29, 1.82) is 0 Å². The van der Waals surface area contributed by atoms with Crippen LogP contribution in [0.4, 0.5) is 0 Å². The molecular weight excluding hydrogens is 272 g/mol. The molecule has 0 atom stereocenters. The Hall–Kier alpha value is -0.940. The van der Waals surface area contributed by atoms with Crippen LogP contribution in [0.1, 0.15) is 66.8 Å². The lowest BCUT2D eigenvalue weighted by atomic mass is 10.1. The zero-order chi connectivity index (χ0) is 15.1. The molecule has 0 aliphatic carbocycles. The second kappa shape index (κ2) is 8.37. The summed E-state index contributed by atoms with van der Waals surface area (Å²) in [5, 5.41) is 10.2. The minimum atomic E-state index is -0.851. The maximum absolute atomic E-state index is 11.2. The van der Waals surface area contributed by atoms with Gasteiger partial charge in [0, 0.05) is 13.0 Å². The van der Waals surface area contributed by atoms with E-state index in [1.165, 1.54) is 11.3 Å². The molecule has 1 heterocycles. The van der Waals surface area contributed by atoms with Crippen molar-refractivity contribution in [3.8, 4) is 0 Å². The van der Waals surface area contributed by atoms with Gasteiger partial charge in [-0.1, -0.05) is 27.7 Å². The zero-order valence-corrected chi connectivity index (χ0v) is 13.8. The number of rotatable bonds is 9. The largest absolute Gasteiger partial charge is 0.477 e. The molecule has 0 fully saturated rings. The summed E-state index contributed by atoms with van der Waals surface area (Å²) in [6, 6.07) is 0. The standard InChI is InChI=1S/C15H26N2O2S/c1-5-8-17(9-6-2)10-7-12-16-13(11(3)4)14(20-12)15(18)19/h11H,5-10H2,1-4H3,(H,18,19). The van der Waals surface area contributed by atoms with Crippen molar-refractivity contribution in [1.82, 2.24) is 9.88 Å². The van der Waals surface area contributed by atoms with E-state index in [1.807, 2.05) is 13.8 Å². The number of nitrogens with zero attached hydrogens (tertiary/aromatic N) is 2. The van der Waals surface area contributed by atoms with Crippen LogP contribution in [0.3, 0.4) is 0 Å². The van der Waals surface area contributed by atoms with E-state index < -0.39 is 5.97 Å². The topological polar surface area (TPSA) is 53.4 Å². The average Bonchev–Trinajstić information content (AvgIpc) is 2.81. The zero-order valence-electron chi connectivity index (χ0n) is 13.0. The monoisotopic (exact) mass is 298 g/mol. The van der Waals surface area contributed by atoms with Gasteiger partial charge in [-0.05, 0) is 31.8 Å². The number of carboxylic acid groups (broad SMARTS) is 1. The number of aromatic carboxylic acids is 1. The van der Waals surface area contributed by atoms with Crippen LogP contribution in [0.2, 0.25) is 0 Å². The van der Waals surface area contributed by atoms with Crippen LogP contribution in [-0.4, -0.2) is 40.6 Å². The van der Waals surface area contributed by atoms with Gasteiger partial charge < -0.3 is 10.0 Å². The van der Waals surface area contributed by atoms with E-state index in [2.05, 4.69) is 23.7 Å². The summed E-state index contributed by atoms with van der Waals surface area (Å²) in [4.78, 5) is 18.6. The first-order valence-corrected chi connectivity index (χ1v) is 8.26. The second-order valence-corrected chi connectivity index (χ2v) is 6.46. The lowest BCUT2D eigenvalue weighted by Crippen LogP contribution is -2.27. The summed E-state index contributed by atoms with van der Waals surface area (Å²) in [7, 11) is 0. The van der Waals surface area contributed by atoms with Gasteiger partial charge in [0.1, 0.15) is 4.88 Å². The highest BCUT2D eigenvalue weighted by atomic mass is 32.1. The first-order chi connectivity index (χ1) is 9.49. The normalized spacial score (nSPS) is 11.5. The fraction of sp³-hybridized carbons (Fsp3) is 0.733. The molecule has 114 valence electrons. The van der Waals surface area contributed by atoms with Gasteiger partial charge in [-0.2, -0.15) is 0 Å². The molecule has 0 aliphatic heterocycles. The van der Waals surface area contributed by atoms with Gasteiger partial charge in [0.2, 0.25) is 0 Å². The molecule has 0 saturated carbocycles. The van der Waals surface area contributed by atoms with Crippen molar-refractivity contribution < 1.29 is 9.90 Å². The Bertz CT molecular complexity index is 424. The Labute approximate surface area is 125 Å². The maximum Gasteiger partial charge on any atom is 0.347 e. The summed E-state index contributed by atoms with van der Waals surface area (Å²) in [5.41, 5.74) is 0.732. The predicted octanol–water partition coefficient (Wildman–Crippen LogP) is 3.63. The smallest absolute Gasteiger partial charge is 0.347 e.